The Balaban J connectivity index is 2.72. The van der Waals surface area contributed by atoms with Gasteiger partial charge < -0.3 is 15.2 Å². The van der Waals surface area contributed by atoms with Crippen LogP contribution in [0.3, 0.4) is 0 Å². The van der Waals surface area contributed by atoms with Crippen molar-refractivity contribution >= 4 is 15.9 Å². The van der Waals surface area contributed by atoms with E-state index in [4.69, 9.17) is 15.2 Å². The third-order valence-corrected chi connectivity index (χ3v) is 2.37. The van der Waals surface area contributed by atoms with Crippen LogP contribution >= 0.6 is 15.9 Å². The van der Waals surface area contributed by atoms with Crippen molar-refractivity contribution in [2.24, 2.45) is 5.73 Å². The van der Waals surface area contributed by atoms with Gasteiger partial charge in [0.1, 0.15) is 0 Å². The summed E-state index contributed by atoms with van der Waals surface area (Å²) < 4.78 is 11.6. The summed E-state index contributed by atoms with van der Waals surface area (Å²) in [4.78, 5) is 0. The van der Waals surface area contributed by atoms with Crippen molar-refractivity contribution in [1.82, 2.24) is 0 Å². The van der Waals surface area contributed by atoms with Crippen LogP contribution < -0.4 is 15.2 Å². The number of hydrogen-bond acceptors (Lipinski definition) is 3. The number of benzene rings is 1. The van der Waals surface area contributed by atoms with Gasteiger partial charge in [0.15, 0.2) is 11.5 Å². The van der Waals surface area contributed by atoms with Gasteiger partial charge in [-0.3, -0.25) is 0 Å². The van der Waals surface area contributed by atoms with Gasteiger partial charge in [-0.1, -0.05) is 6.07 Å². The fourth-order valence-corrected chi connectivity index (χ4v) is 1.51. The van der Waals surface area contributed by atoms with E-state index in [1.54, 1.807) is 7.11 Å². The smallest absolute Gasteiger partial charge is 0.175 e. The number of rotatable bonds is 5. The van der Waals surface area contributed by atoms with E-state index in [1.807, 2.05) is 18.2 Å². The first kappa shape index (κ1) is 11.3. The SMILES string of the molecule is COc1cccc(Br)c1OCCCN. The molecule has 4 heteroatoms. The Morgan fingerprint density at radius 2 is 2.21 bits per heavy atom. The Bertz CT molecular complexity index is 291. The van der Waals surface area contributed by atoms with Crippen molar-refractivity contribution < 1.29 is 9.47 Å². The number of nitrogens with two attached hydrogens (primary N) is 1. The molecule has 0 atom stereocenters. The van der Waals surface area contributed by atoms with Gasteiger partial charge >= 0.3 is 0 Å². The minimum atomic E-state index is 0.607. The van der Waals surface area contributed by atoms with Gasteiger partial charge in [-0.05, 0) is 41.0 Å². The third-order valence-electron chi connectivity index (χ3n) is 1.75. The summed E-state index contributed by atoms with van der Waals surface area (Å²) >= 11 is 3.40. The predicted octanol–water partition coefficient (Wildman–Crippen LogP) is 2.19. The lowest BCUT2D eigenvalue weighted by molar-refractivity contribution is 0.289. The summed E-state index contributed by atoms with van der Waals surface area (Å²) in [6.07, 6.45) is 0.838. The van der Waals surface area contributed by atoms with E-state index >= 15 is 0 Å². The highest BCUT2D eigenvalue weighted by Crippen LogP contribution is 2.34. The average molecular weight is 260 g/mol. The van der Waals surface area contributed by atoms with Crippen LogP contribution in [0.2, 0.25) is 0 Å². The number of hydrogen-bond donors (Lipinski definition) is 1. The molecule has 0 aliphatic heterocycles. The number of halogens is 1. The zero-order valence-electron chi connectivity index (χ0n) is 8.13. The van der Waals surface area contributed by atoms with Crippen molar-refractivity contribution in [3.63, 3.8) is 0 Å². The molecule has 1 aromatic rings. The molecule has 0 unspecified atom stereocenters. The van der Waals surface area contributed by atoms with E-state index in [9.17, 15) is 0 Å². The normalized spacial score (nSPS) is 9.93. The summed E-state index contributed by atoms with van der Waals surface area (Å²) in [5.41, 5.74) is 5.38. The van der Waals surface area contributed by atoms with Gasteiger partial charge in [-0.15, -0.1) is 0 Å². The zero-order chi connectivity index (χ0) is 10.4. The standard InChI is InChI=1S/C10H14BrNO2/c1-13-9-5-2-4-8(11)10(9)14-7-3-6-12/h2,4-5H,3,6-7,12H2,1H3. The van der Waals surface area contributed by atoms with Crippen LogP contribution in [0.5, 0.6) is 11.5 Å². The maximum Gasteiger partial charge on any atom is 0.175 e. The number of methoxy groups -OCH3 is 1. The first-order valence-electron chi connectivity index (χ1n) is 4.45. The maximum atomic E-state index is 5.55. The van der Waals surface area contributed by atoms with Gasteiger partial charge in [0.05, 0.1) is 18.2 Å². The predicted molar refractivity (Wildman–Crippen MR) is 59.9 cm³/mol. The summed E-state index contributed by atoms with van der Waals surface area (Å²) in [6, 6.07) is 5.68. The van der Waals surface area contributed by atoms with E-state index in [0.29, 0.717) is 13.2 Å². The molecular weight excluding hydrogens is 246 g/mol. The Morgan fingerprint density at radius 1 is 1.43 bits per heavy atom. The Hall–Kier alpha value is -0.740. The monoisotopic (exact) mass is 259 g/mol. The Kier molecular flexibility index (Phi) is 4.76. The van der Waals surface area contributed by atoms with Gasteiger partial charge in [-0.2, -0.15) is 0 Å². The molecule has 0 bridgehead atoms. The molecular formula is C10H14BrNO2. The minimum Gasteiger partial charge on any atom is -0.493 e. The summed E-state index contributed by atoms with van der Waals surface area (Å²) in [7, 11) is 1.62. The Labute approximate surface area is 92.3 Å². The van der Waals surface area contributed by atoms with E-state index in [0.717, 1.165) is 22.4 Å². The molecule has 78 valence electrons. The first-order chi connectivity index (χ1) is 6.79. The van der Waals surface area contributed by atoms with Gasteiger partial charge in [0.25, 0.3) is 0 Å². The van der Waals surface area contributed by atoms with Crippen LogP contribution in [0.25, 0.3) is 0 Å². The lowest BCUT2D eigenvalue weighted by Gasteiger charge is -2.11. The van der Waals surface area contributed by atoms with E-state index in [2.05, 4.69) is 15.9 Å². The molecule has 0 heterocycles. The molecule has 0 saturated heterocycles. The van der Waals surface area contributed by atoms with Crippen molar-refractivity contribution in [2.45, 2.75) is 6.42 Å². The Morgan fingerprint density at radius 3 is 2.86 bits per heavy atom. The highest BCUT2D eigenvalue weighted by Gasteiger charge is 2.07. The second-order valence-corrected chi connectivity index (χ2v) is 3.62. The topological polar surface area (TPSA) is 44.5 Å². The molecule has 1 aromatic carbocycles. The first-order valence-corrected chi connectivity index (χ1v) is 5.24. The largest absolute Gasteiger partial charge is 0.493 e. The number of ether oxygens (including phenoxy) is 2. The fraction of sp³-hybridized carbons (Fsp3) is 0.400. The molecule has 0 fully saturated rings. The molecule has 0 aliphatic carbocycles. The second kappa shape index (κ2) is 5.88. The van der Waals surface area contributed by atoms with Crippen molar-refractivity contribution in [3.8, 4) is 11.5 Å². The molecule has 0 radical (unpaired) electrons. The molecule has 0 saturated carbocycles. The van der Waals surface area contributed by atoms with Crippen LogP contribution in [0.4, 0.5) is 0 Å². The van der Waals surface area contributed by atoms with Crippen LogP contribution in [-0.4, -0.2) is 20.3 Å². The zero-order valence-corrected chi connectivity index (χ0v) is 9.71. The quantitative estimate of drug-likeness (QED) is 0.825. The number of para-hydroxylation sites is 1. The minimum absolute atomic E-state index is 0.607. The van der Waals surface area contributed by atoms with E-state index < -0.39 is 0 Å². The molecule has 14 heavy (non-hydrogen) atoms. The maximum absolute atomic E-state index is 5.55. The van der Waals surface area contributed by atoms with Crippen LogP contribution in [0, 0.1) is 0 Å². The highest BCUT2D eigenvalue weighted by atomic mass is 79.9. The van der Waals surface area contributed by atoms with Crippen molar-refractivity contribution in [2.75, 3.05) is 20.3 Å². The highest BCUT2D eigenvalue weighted by molar-refractivity contribution is 9.10. The lowest BCUT2D eigenvalue weighted by Crippen LogP contribution is -2.07. The van der Waals surface area contributed by atoms with Crippen LogP contribution in [-0.2, 0) is 0 Å². The second-order valence-electron chi connectivity index (χ2n) is 2.76. The molecule has 0 amide bonds. The molecule has 2 N–H and O–H groups in total. The average Bonchev–Trinajstić information content (AvgIpc) is 2.20. The molecule has 0 spiro atoms. The van der Waals surface area contributed by atoms with E-state index in [-0.39, 0.29) is 0 Å². The summed E-state index contributed by atoms with van der Waals surface area (Å²) in [6.45, 7) is 1.24. The van der Waals surface area contributed by atoms with Gasteiger partial charge in [-0.25, -0.2) is 0 Å². The molecule has 0 aromatic heterocycles. The summed E-state index contributed by atoms with van der Waals surface area (Å²) in [5.74, 6) is 1.47. The molecule has 0 aliphatic rings. The van der Waals surface area contributed by atoms with Gasteiger partial charge in [0.2, 0.25) is 0 Å². The molecule has 3 nitrogen and oxygen atoms in total. The van der Waals surface area contributed by atoms with Crippen molar-refractivity contribution in [1.29, 1.82) is 0 Å². The molecule has 1 rings (SSSR count). The van der Waals surface area contributed by atoms with Crippen LogP contribution in [0.15, 0.2) is 22.7 Å². The van der Waals surface area contributed by atoms with Crippen LogP contribution in [0.1, 0.15) is 6.42 Å². The van der Waals surface area contributed by atoms with Gasteiger partial charge in [0, 0.05) is 0 Å². The van der Waals surface area contributed by atoms with E-state index in [1.165, 1.54) is 0 Å². The lowest BCUT2D eigenvalue weighted by atomic mass is 10.3. The fourth-order valence-electron chi connectivity index (χ4n) is 1.05. The van der Waals surface area contributed by atoms with Crippen molar-refractivity contribution in [3.05, 3.63) is 22.7 Å². The summed E-state index contributed by atoms with van der Waals surface area (Å²) in [5, 5.41) is 0. The third kappa shape index (κ3) is 2.89.